The van der Waals surface area contributed by atoms with Gasteiger partial charge in [0.15, 0.2) is 11.6 Å². The van der Waals surface area contributed by atoms with Gasteiger partial charge >= 0.3 is 11.7 Å². The SMILES string of the molecule is CSCn1cc(F)c(NC(=O)Nc2ccc(C)cc2)nc1=O. The molecule has 116 valence electrons. The average Bonchev–Trinajstić information content (AvgIpc) is 2.47. The molecule has 2 N–H and O–H groups in total. The van der Waals surface area contributed by atoms with E-state index >= 15 is 0 Å². The number of urea groups is 1. The summed E-state index contributed by atoms with van der Waals surface area (Å²) in [5, 5.41) is 4.76. The van der Waals surface area contributed by atoms with Crippen LogP contribution >= 0.6 is 11.8 Å². The number of amides is 2. The Bertz CT molecular complexity index is 731. The van der Waals surface area contributed by atoms with Gasteiger partial charge in [-0.05, 0) is 25.3 Å². The van der Waals surface area contributed by atoms with E-state index in [1.54, 1.807) is 18.4 Å². The summed E-state index contributed by atoms with van der Waals surface area (Å²) in [6.45, 7) is 1.92. The zero-order valence-corrected chi connectivity index (χ0v) is 12.9. The highest BCUT2D eigenvalue weighted by molar-refractivity contribution is 7.97. The maximum atomic E-state index is 13.8. The summed E-state index contributed by atoms with van der Waals surface area (Å²) >= 11 is 1.36. The lowest BCUT2D eigenvalue weighted by atomic mass is 10.2. The predicted molar refractivity (Wildman–Crippen MR) is 85.8 cm³/mol. The number of carbonyl (C=O) groups excluding carboxylic acids is 1. The Morgan fingerprint density at radius 1 is 1.32 bits per heavy atom. The molecule has 2 aromatic rings. The maximum Gasteiger partial charge on any atom is 0.350 e. The van der Waals surface area contributed by atoms with E-state index in [1.165, 1.54) is 11.8 Å². The minimum Gasteiger partial charge on any atom is -0.308 e. The number of aromatic nitrogens is 2. The van der Waals surface area contributed by atoms with Gasteiger partial charge in [-0.3, -0.25) is 9.88 Å². The number of aryl methyl sites for hydroxylation is 1. The van der Waals surface area contributed by atoms with Crippen molar-refractivity contribution in [2.75, 3.05) is 16.9 Å². The normalized spacial score (nSPS) is 10.3. The van der Waals surface area contributed by atoms with Gasteiger partial charge in [0.25, 0.3) is 0 Å². The van der Waals surface area contributed by atoms with Crippen LogP contribution in [0.2, 0.25) is 0 Å². The molecule has 0 bridgehead atoms. The molecule has 0 unspecified atom stereocenters. The van der Waals surface area contributed by atoms with Gasteiger partial charge in [0, 0.05) is 11.9 Å². The van der Waals surface area contributed by atoms with E-state index in [9.17, 15) is 14.0 Å². The van der Waals surface area contributed by atoms with E-state index in [0.29, 0.717) is 11.6 Å². The molecule has 0 fully saturated rings. The average molecular weight is 322 g/mol. The lowest BCUT2D eigenvalue weighted by molar-refractivity contribution is 0.262. The minimum atomic E-state index is -0.771. The summed E-state index contributed by atoms with van der Waals surface area (Å²) in [5.41, 5.74) is 0.983. The van der Waals surface area contributed by atoms with Crippen LogP contribution in [0.5, 0.6) is 0 Å². The van der Waals surface area contributed by atoms with E-state index < -0.39 is 23.4 Å². The monoisotopic (exact) mass is 322 g/mol. The molecule has 1 heterocycles. The molecule has 0 atom stereocenters. The molecule has 1 aromatic carbocycles. The first-order valence-corrected chi connectivity index (χ1v) is 7.79. The number of anilines is 2. The van der Waals surface area contributed by atoms with Crippen molar-refractivity contribution in [2.45, 2.75) is 12.8 Å². The van der Waals surface area contributed by atoms with Gasteiger partial charge in [-0.2, -0.15) is 4.98 Å². The summed E-state index contributed by atoms with van der Waals surface area (Å²) in [7, 11) is 0. The van der Waals surface area contributed by atoms with Crippen molar-refractivity contribution in [3.05, 3.63) is 52.3 Å². The topological polar surface area (TPSA) is 76.0 Å². The smallest absolute Gasteiger partial charge is 0.308 e. The van der Waals surface area contributed by atoms with Gasteiger partial charge < -0.3 is 5.32 Å². The Morgan fingerprint density at radius 3 is 2.64 bits per heavy atom. The zero-order chi connectivity index (χ0) is 16.1. The molecule has 0 saturated carbocycles. The fourth-order valence-electron chi connectivity index (χ4n) is 1.69. The van der Waals surface area contributed by atoms with Gasteiger partial charge in [0.1, 0.15) is 0 Å². The van der Waals surface area contributed by atoms with Crippen LogP contribution in [0, 0.1) is 12.7 Å². The van der Waals surface area contributed by atoms with E-state index in [0.717, 1.165) is 16.3 Å². The molecule has 2 amide bonds. The molecule has 1 aromatic heterocycles. The molecular weight excluding hydrogens is 307 g/mol. The van der Waals surface area contributed by atoms with Crippen molar-refractivity contribution in [1.82, 2.24) is 9.55 Å². The summed E-state index contributed by atoms with van der Waals surface area (Å²) in [5.74, 6) is -0.877. The lowest BCUT2D eigenvalue weighted by Gasteiger charge is -2.09. The predicted octanol–water partition coefficient (Wildman–Crippen LogP) is 2.66. The summed E-state index contributed by atoms with van der Waals surface area (Å²) < 4.78 is 15.0. The number of nitrogens with zero attached hydrogens (tertiary/aromatic N) is 2. The number of hydrogen-bond donors (Lipinski definition) is 2. The number of hydrogen-bond acceptors (Lipinski definition) is 4. The fourth-order valence-corrected chi connectivity index (χ4v) is 2.16. The van der Waals surface area contributed by atoms with Crippen molar-refractivity contribution < 1.29 is 9.18 Å². The second-order valence-corrected chi connectivity index (χ2v) is 5.39. The highest BCUT2D eigenvalue weighted by atomic mass is 32.2. The third-order valence-corrected chi connectivity index (χ3v) is 3.29. The first-order valence-electron chi connectivity index (χ1n) is 6.40. The third kappa shape index (κ3) is 4.08. The van der Waals surface area contributed by atoms with Crippen molar-refractivity contribution in [3.8, 4) is 0 Å². The van der Waals surface area contributed by atoms with Gasteiger partial charge in [-0.15, -0.1) is 11.8 Å². The van der Waals surface area contributed by atoms with Crippen LogP contribution in [-0.4, -0.2) is 21.8 Å². The van der Waals surface area contributed by atoms with E-state index in [1.807, 2.05) is 19.1 Å². The molecule has 0 aliphatic heterocycles. The molecule has 2 rings (SSSR count). The summed E-state index contributed by atoms with van der Waals surface area (Å²) in [4.78, 5) is 27.0. The van der Waals surface area contributed by atoms with E-state index in [-0.39, 0.29) is 0 Å². The van der Waals surface area contributed by atoms with Crippen molar-refractivity contribution in [1.29, 1.82) is 0 Å². The number of rotatable bonds is 4. The van der Waals surface area contributed by atoms with Crippen molar-refractivity contribution in [3.63, 3.8) is 0 Å². The third-order valence-electron chi connectivity index (χ3n) is 2.76. The van der Waals surface area contributed by atoms with Gasteiger partial charge in [-0.1, -0.05) is 17.7 Å². The van der Waals surface area contributed by atoms with Gasteiger partial charge in [0.05, 0.1) is 5.88 Å². The molecule has 8 heteroatoms. The maximum absolute atomic E-state index is 13.8. The number of thioether (sulfide) groups is 1. The lowest BCUT2D eigenvalue weighted by Crippen LogP contribution is -2.27. The quantitative estimate of drug-likeness (QED) is 0.907. The van der Waals surface area contributed by atoms with E-state index in [4.69, 9.17) is 0 Å². The number of halogens is 1. The number of benzene rings is 1. The largest absolute Gasteiger partial charge is 0.350 e. The molecule has 0 aliphatic carbocycles. The van der Waals surface area contributed by atoms with E-state index in [2.05, 4.69) is 15.6 Å². The Morgan fingerprint density at radius 2 is 2.00 bits per heavy atom. The molecule has 22 heavy (non-hydrogen) atoms. The summed E-state index contributed by atoms with van der Waals surface area (Å²) in [6.07, 6.45) is 2.80. The molecule has 6 nitrogen and oxygen atoms in total. The second-order valence-electron chi connectivity index (χ2n) is 4.55. The minimum absolute atomic E-state index is 0.290. The molecule has 0 aliphatic rings. The van der Waals surface area contributed by atoms with Crippen LogP contribution in [0.4, 0.5) is 20.7 Å². The van der Waals surface area contributed by atoms with Crippen molar-refractivity contribution >= 4 is 29.3 Å². The van der Waals surface area contributed by atoms with Gasteiger partial charge in [-0.25, -0.2) is 14.0 Å². The number of carbonyl (C=O) groups is 1. The summed E-state index contributed by atoms with van der Waals surface area (Å²) in [6, 6.07) is 6.43. The Hall–Kier alpha value is -2.35. The molecule has 0 radical (unpaired) electrons. The first kappa shape index (κ1) is 16.0. The highest BCUT2D eigenvalue weighted by Crippen LogP contribution is 2.11. The van der Waals surface area contributed by atoms with Gasteiger partial charge in [0.2, 0.25) is 0 Å². The highest BCUT2D eigenvalue weighted by Gasteiger charge is 2.11. The molecule has 0 spiro atoms. The van der Waals surface area contributed by atoms with Crippen LogP contribution in [-0.2, 0) is 5.88 Å². The van der Waals surface area contributed by atoms with Crippen LogP contribution in [0.3, 0.4) is 0 Å². The fraction of sp³-hybridized carbons (Fsp3) is 0.214. The van der Waals surface area contributed by atoms with Crippen LogP contribution in [0.25, 0.3) is 0 Å². The standard InChI is InChI=1S/C14H15FN4O2S/c1-9-3-5-10(6-4-9)16-13(20)17-12-11(15)7-19(8-22-2)14(21)18-12/h3-7H,8H2,1-2H3,(H2,16,17,18,20,21). The molecule has 0 saturated heterocycles. The first-order chi connectivity index (χ1) is 10.5. The van der Waals surface area contributed by atoms with Crippen LogP contribution in [0.15, 0.2) is 35.3 Å². The zero-order valence-electron chi connectivity index (χ0n) is 12.1. The Kier molecular flexibility index (Phi) is 5.16. The van der Waals surface area contributed by atoms with Crippen molar-refractivity contribution in [2.24, 2.45) is 0 Å². The second kappa shape index (κ2) is 7.08. The number of nitrogens with one attached hydrogen (secondary N) is 2. The molecular formula is C14H15FN4O2S. The van der Waals surface area contributed by atoms with Crippen LogP contribution in [0.1, 0.15) is 5.56 Å². The Labute approximate surface area is 130 Å². The Balaban J connectivity index is 2.10. The van der Waals surface area contributed by atoms with Crippen LogP contribution < -0.4 is 16.3 Å².